The van der Waals surface area contributed by atoms with Crippen molar-refractivity contribution in [2.45, 2.75) is 17.7 Å². The Labute approximate surface area is 258 Å². The van der Waals surface area contributed by atoms with Crippen molar-refractivity contribution in [1.29, 1.82) is 0 Å². The molecule has 0 radical (unpaired) electrons. The van der Waals surface area contributed by atoms with Gasteiger partial charge in [-0.15, -0.1) is 0 Å². The zero-order valence-corrected chi connectivity index (χ0v) is 25.8. The highest BCUT2D eigenvalue weighted by Gasteiger charge is 2.25. The highest BCUT2D eigenvalue weighted by molar-refractivity contribution is 14.1. The molecule has 0 amide bonds. The molecule has 0 aliphatic heterocycles. The summed E-state index contributed by atoms with van der Waals surface area (Å²) in [6, 6.07) is 23.2. The molecule has 0 aromatic heterocycles. The molecule has 4 aromatic rings. The maximum Gasteiger partial charge on any atom is 0.341 e. The summed E-state index contributed by atoms with van der Waals surface area (Å²) in [6.45, 7) is -0.0817. The normalized spacial score (nSPS) is 11.2. The standard InChI is InChI=1S/C29H22I2O8S/c30-20-14-24(27(33)25(31)15-20)29(34)38-13-7-12-26(32)39-21-16-22(18-8-3-1-4-9-18)28(40(35,36)37)23(17-21)19-10-5-2-6-11-19/h1-6,8-11,14-17,33H,7,12-13H2,(H,35,36,37). The second kappa shape index (κ2) is 13.1. The Morgan fingerprint density at radius 2 is 1.38 bits per heavy atom. The van der Waals surface area contributed by atoms with E-state index in [9.17, 15) is 27.7 Å². The zero-order chi connectivity index (χ0) is 28.9. The lowest BCUT2D eigenvalue weighted by molar-refractivity contribution is -0.134. The van der Waals surface area contributed by atoms with E-state index in [0.717, 1.165) is 3.57 Å². The number of benzene rings is 4. The number of rotatable bonds is 9. The van der Waals surface area contributed by atoms with E-state index in [1.807, 2.05) is 45.2 Å². The minimum Gasteiger partial charge on any atom is -0.506 e. The van der Waals surface area contributed by atoms with Crippen LogP contribution in [0.5, 0.6) is 11.5 Å². The van der Waals surface area contributed by atoms with E-state index >= 15 is 0 Å². The minimum absolute atomic E-state index is 0.0414. The maximum absolute atomic E-state index is 12.7. The number of hydrogen-bond donors (Lipinski definition) is 2. The van der Waals surface area contributed by atoms with E-state index < -0.39 is 22.1 Å². The number of halogens is 2. The fourth-order valence-electron chi connectivity index (χ4n) is 3.97. The Hall–Kier alpha value is -3.01. The van der Waals surface area contributed by atoms with Crippen molar-refractivity contribution >= 4 is 67.2 Å². The third kappa shape index (κ3) is 7.38. The highest BCUT2D eigenvalue weighted by atomic mass is 127. The molecule has 0 spiro atoms. The summed E-state index contributed by atoms with van der Waals surface area (Å²) in [5, 5.41) is 10.1. The fourth-order valence-corrected chi connectivity index (χ4v) is 6.72. The van der Waals surface area contributed by atoms with Crippen LogP contribution >= 0.6 is 45.2 Å². The molecule has 2 N–H and O–H groups in total. The predicted molar refractivity (Wildman–Crippen MR) is 166 cm³/mol. The van der Waals surface area contributed by atoms with Crippen LogP contribution in [0, 0.1) is 7.14 Å². The van der Waals surface area contributed by atoms with Gasteiger partial charge in [-0.1, -0.05) is 60.7 Å². The van der Waals surface area contributed by atoms with Crippen molar-refractivity contribution in [3.8, 4) is 33.8 Å². The molecule has 0 atom stereocenters. The minimum atomic E-state index is -4.67. The van der Waals surface area contributed by atoms with Crippen LogP contribution < -0.4 is 4.74 Å². The fraction of sp³-hybridized carbons (Fsp3) is 0.103. The van der Waals surface area contributed by atoms with Gasteiger partial charge in [-0.05, 0) is 87.0 Å². The van der Waals surface area contributed by atoms with Gasteiger partial charge in [0.2, 0.25) is 0 Å². The second-order valence-corrected chi connectivity index (χ2v) is 12.3. The molecular formula is C29H22I2O8S. The summed E-state index contributed by atoms with van der Waals surface area (Å²) < 4.78 is 47.3. The first-order valence-corrected chi connectivity index (χ1v) is 15.5. The van der Waals surface area contributed by atoms with Gasteiger partial charge in [-0.3, -0.25) is 9.35 Å². The summed E-state index contributed by atoms with van der Waals surface area (Å²) in [5.41, 5.74) is 1.40. The Morgan fingerprint density at radius 3 is 1.90 bits per heavy atom. The topological polar surface area (TPSA) is 127 Å². The van der Waals surface area contributed by atoms with E-state index in [1.54, 1.807) is 66.7 Å². The number of carbonyl (C=O) groups excluding carboxylic acids is 2. The number of carbonyl (C=O) groups is 2. The van der Waals surface area contributed by atoms with Crippen molar-refractivity contribution in [2.75, 3.05) is 6.61 Å². The number of phenolic OH excluding ortho intramolecular Hbond substituents is 1. The van der Waals surface area contributed by atoms with E-state index in [0.29, 0.717) is 14.7 Å². The van der Waals surface area contributed by atoms with Crippen LogP contribution in [-0.2, 0) is 19.6 Å². The molecule has 0 aliphatic carbocycles. The van der Waals surface area contributed by atoms with Crippen LogP contribution in [-0.4, -0.2) is 36.6 Å². The molecule has 0 bridgehead atoms. The number of esters is 2. The van der Waals surface area contributed by atoms with Gasteiger partial charge in [-0.25, -0.2) is 4.79 Å². The average molecular weight is 784 g/mol. The smallest absolute Gasteiger partial charge is 0.341 e. The summed E-state index contributed by atoms with van der Waals surface area (Å²) in [5.74, 6) is -1.41. The van der Waals surface area contributed by atoms with Crippen molar-refractivity contribution in [2.24, 2.45) is 0 Å². The van der Waals surface area contributed by atoms with Crippen LogP contribution in [0.3, 0.4) is 0 Å². The molecule has 206 valence electrons. The lowest BCUT2D eigenvalue weighted by Gasteiger charge is -2.16. The van der Waals surface area contributed by atoms with Crippen molar-refractivity contribution in [1.82, 2.24) is 0 Å². The van der Waals surface area contributed by atoms with Gasteiger partial charge in [0.05, 0.1) is 10.2 Å². The third-order valence-corrected chi connectivity index (χ3v) is 8.13. The maximum atomic E-state index is 12.7. The van der Waals surface area contributed by atoms with Crippen molar-refractivity contribution in [3.05, 3.63) is 97.6 Å². The number of phenols is 1. The van der Waals surface area contributed by atoms with Gasteiger partial charge < -0.3 is 14.6 Å². The van der Waals surface area contributed by atoms with Gasteiger partial charge in [0.15, 0.2) is 0 Å². The van der Waals surface area contributed by atoms with Crippen LogP contribution in [0.1, 0.15) is 23.2 Å². The van der Waals surface area contributed by atoms with Crippen LogP contribution in [0.2, 0.25) is 0 Å². The number of hydrogen-bond acceptors (Lipinski definition) is 7. The van der Waals surface area contributed by atoms with E-state index in [-0.39, 0.29) is 52.5 Å². The van der Waals surface area contributed by atoms with Crippen molar-refractivity contribution in [3.63, 3.8) is 0 Å². The van der Waals surface area contributed by atoms with Crippen LogP contribution in [0.15, 0.2) is 89.8 Å². The number of ether oxygens (including phenoxy) is 2. The lowest BCUT2D eigenvalue weighted by Crippen LogP contribution is -2.12. The summed E-state index contributed by atoms with van der Waals surface area (Å²) in [7, 11) is -4.67. The molecule has 11 heteroatoms. The largest absolute Gasteiger partial charge is 0.506 e. The summed E-state index contributed by atoms with van der Waals surface area (Å²) in [6.07, 6.45) is 0.0665. The first kappa shape index (κ1) is 30.0. The SMILES string of the molecule is O=C(CCCOC(=O)c1cc(I)cc(I)c1O)Oc1cc(-c2ccccc2)c(S(=O)(=O)O)c(-c2ccccc2)c1. The highest BCUT2D eigenvalue weighted by Crippen LogP contribution is 2.39. The molecule has 0 heterocycles. The van der Waals surface area contributed by atoms with Crippen LogP contribution in [0.25, 0.3) is 22.3 Å². The Morgan fingerprint density at radius 1 is 0.825 bits per heavy atom. The molecule has 0 fully saturated rings. The van der Waals surface area contributed by atoms with Crippen molar-refractivity contribution < 1.29 is 37.1 Å². The van der Waals surface area contributed by atoms with E-state index in [2.05, 4.69) is 0 Å². The average Bonchev–Trinajstić information content (AvgIpc) is 2.93. The van der Waals surface area contributed by atoms with Gasteiger partial charge in [0.25, 0.3) is 10.1 Å². The van der Waals surface area contributed by atoms with Crippen LogP contribution in [0.4, 0.5) is 0 Å². The number of aromatic hydroxyl groups is 1. The molecule has 4 rings (SSSR count). The first-order chi connectivity index (χ1) is 19.0. The lowest BCUT2D eigenvalue weighted by atomic mass is 9.98. The molecule has 0 unspecified atom stereocenters. The Kier molecular flexibility index (Phi) is 9.81. The molecule has 8 nitrogen and oxygen atoms in total. The third-order valence-electron chi connectivity index (χ3n) is 5.73. The van der Waals surface area contributed by atoms with E-state index in [4.69, 9.17) is 9.47 Å². The summed E-state index contributed by atoms with van der Waals surface area (Å²) in [4.78, 5) is 24.8. The van der Waals surface area contributed by atoms with Gasteiger partial charge >= 0.3 is 11.9 Å². The Balaban J connectivity index is 1.54. The molecule has 0 saturated heterocycles. The predicted octanol–water partition coefficient (Wildman–Crippen LogP) is 6.72. The molecule has 40 heavy (non-hydrogen) atoms. The first-order valence-electron chi connectivity index (χ1n) is 11.9. The molecule has 4 aromatic carbocycles. The Bertz CT molecular complexity index is 1600. The van der Waals surface area contributed by atoms with E-state index in [1.165, 1.54) is 18.2 Å². The quantitative estimate of drug-likeness (QED) is 0.0630. The monoisotopic (exact) mass is 784 g/mol. The zero-order valence-electron chi connectivity index (χ0n) is 20.7. The van der Waals surface area contributed by atoms with Gasteiger partial charge in [0, 0.05) is 21.1 Å². The van der Waals surface area contributed by atoms with Gasteiger partial charge in [0.1, 0.15) is 22.0 Å². The molecule has 0 saturated carbocycles. The summed E-state index contributed by atoms with van der Waals surface area (Å²) >= 11 is 3.95. The molecule has 0 aliphatic rings. The second-order valence-electron chi connectivity index (χ2n) is 8.55. The molecular weight excluding hydrogens is 762 g/mol. The van der Waals surface area contributed by atoms with Gasteiger partial charge in [-0.2, -0.15) is 8.42 Å².